The van der Waals surface area contributed by atoms with E-state index in [0.717, 1.165) is 12.8 Å². The average Bonchev–Trinajstić information content (AvgIpc) is 2.03. The zero-order chi connectivity index (χ0) is 8.36. The van der Waals surface area contributed by atoms with Gasteiger partial charge in [-0.3, -0.25) is 0 Å². The van der Waals surface area contributed by atoms with Crippen molar-refractivity contribution in [2.45, 2.75) is 45.4 Å². The number of allylic oxidation sites excluding steroid dienone is 2. The number of hydrogen-bond acceptors (Lipinski definition) is 0. The highest BCUT2D eigenvalue weighted by atomic mass is 16.2. The van der Waals surface area contributed by atoms with E-state index < -0.39 is 0 Å². The molecule has 1 nitrogen and oxygen atoms in total. The Balaban J connectivity index is 2.91. The van der Waals surface area contributed by atoms with E-state index in [1.165, 1.54) is 25.7 Å². The first-order valence-corrected chi connectivity index (χ1v) is 4.65. The summed E-state index contributed by atoms with van der Waals surface area (Å²) in [5, 5.41) is 10.0. The Morgan fingerprint density at radius 3 is 2.18 bits per heavy atom. The number of hydrogen-bond donors (Lipinski definition) is 0. The fourth-order valence-electron chi connectivity index (χ4n) is 0.949. The highest BCUT2D eigenvalue weighted by molar-refractivity contribution is 4.80. The van der Waals surface area contributed by atoms with E-state index in [4.69, 9.17) is 0 Å². The predicted octanol–water partition coefficient (Wildman–Crippen LogP) is 3.33. The van der Waals surface area contributed by atoms with Crippen molar-refractivity contribution in [1.82, 2.24) is 0 Å². The maximum absolute atomic E-state index is 10.0. The van der Waals surface area contributed by atoms with Crippen molar-refractivity contribution >= 4 is 0 Å². The van der Waals surface area contributed by atoms with Crippen molar-refractivity contribution in [3.05, 3.63) is 12.2 Å². The van der Waals surface area contributed by atoms with Crippen LogP contribution in [0.4, 0.5) is 0 Å². The van der Waals surface area contributed by atoms with E-state index >= 15 is 0 Å². The predicted molar refractivity (Wildman–Crippen MR) is 48.1 cm³/mol. The van der Waals surface area contributed by atoms with Crippen molar-refractivity contribution in [3.8, 4) is 0 Å². The lowest BCUT2D eigenvalue weighted by atomic mass is 10.2. The van der Waals surface area contributed by atoms with E-state index in [0.29, 0.717) is 0 Å². The summed E-state index contributed by atoms with van der Waals surface area (Å²) in [7, 11) is 0. The third kappa shape index (κ3) is 9.70. The Bertz CT molecular complexity index is 86.9. The molecule has 65 valence electrons. The molecule has 0 fully saturated rings. The number of rotatable bonds is 7. The van der Waals surface area contributed by atoms with E-state index in [2.05, 4.69) is 19.1 Å². The van der Waals surface area contributed by atoms with Gasteiger partial charge in [0.15, 0.2) is 0 Å². The molecule has 0 N–H and O–H groups in total. The monoisotopic (exact) mass is 155 g/mol. The molecule has 0 rings (SSSR count). The molecule has 0 amide bonds. The van der Waals surface area contributed by atoms with Gasteiger partial charge >= 0.3 is 0 Å². The van der Waals surface area contributed by atoms with Crippen LogP contribution >= 0.6 is 0 Å². The van der Waals surface area contributed by atoms with Gasteiger partial charge in [-0.25, -0.2) is 5.11 Å². The topological polar surface area (TPSA) is 19.9 Å². The van der Waals surface area contributed by atoms with Crippen LogP contribution in [0, 0.1) is 0 Å². The molecule has 0 bridgehead atoms. The van der Waals surface area contributed by atoms with Gasteiger partial charge in [0.05, 0.1) is 6.61 Å². The van der Waals surface area contributed by atoms with Gasteiger partial charge in [-0.15, -0.1) is 0 Å². The Morgan fingerprint density at radius 1 is 1.00 bits per heavy atom. The van der Waals surface area contributed by atoms with Crippen LogP contribution < -0.4 is 0 Å². The summed E-state index contributed by atoms with van der Waals surface area (Å²) >= 11 is 0. The lowest BCUT2D eigenvalue weighted by molar-refractivity contribution is 0.190. The fourth-order valence-corrected chi connectivity index (χ4v) is 0.949. The normalized spacial score (nSPS) is 11.1. The highest BCUT2D eigenvalue weighted by Crippen LogP contribution is 2.00. The smallest absolute Gasteiger partial charge is 0.0825 e. The second-order valence-electron chi connectivity index (χ2n) is 2.81. The Kier molecular flexibility index (Phi) is 9.44. The van der Waals surface area contributed by atoms with Gasteiger partial charge in [-0.2, -0.15) is 0 Å². The van der Waals surface area contributed by atoms with Gasteiger partial charge in [-0.05, 0) is 25.7 Å². The van der Waals surface area contributed by atoms with Crippen molar-refractivity contribution in [2.24, 2.45) is 0 Å². The lowest BCUT2D eigenvalue weighted by Crippen LogP contribution is -1.76. The standard InChI is InChI=1S/C10H19O/c1-2-3-4-5-6-7-8-9-10-11/h6-7H,2-5,8-10H2,1H3. The average molecular weight is 155 g/mol. The zero-order valence-corrected chi connectivity index (χ0v) is 7.51. The molecule has 0 saturated heterocycles. The summed E-state index contributed by atoms with van der Waals surface area (Å²) in [6.45, 7) is 2.28. The fraction of sp³-hybridized carbons (Fsp3) is 0.800. The van der Waals surface area contributed by atoms with Gasteiger partial charge in [-0.1, -0.05) is 31.9 Å². The lowest BCUT2D eigenvalue weighted by Gasteiger charge is -1.91. The van der Waals surface area contributed by atoms with E-state index in [9.17, 15) is 5.11 Å². The Hall–Kier alpha value is -0.300. The van der Waals surface area contributed by atoms with Gasteiger partial charge < -0.3 is 0 Å². The van der Waals surface area contributed by atoms with Crippen LogP contribution in [0.5, 0.6) is 0 Å². The SMILES string of the molecule is CCCCCC=CCCC[O]. The molecule has 0 aliphatic heterocycles. The third-order valence-electron chi connectivity index (χ3n) is 1.66. The quantitative estimate of drug-likeness (QED) is 0.397. The van der Waals surface area contributed by atoms with Crippen LogP contribution in [-0.2, 0) is 5.11 Å². The summed E-state index contributed by atoms with van der Waals surface area (Å²) in [5.41, 5.74) is 0. The van der Waals surface area contributed by atoms with Crippen LogP contribution in [0.15, 0.2) is 12.2 Å². The first-order chi connectivity index (χ1) is 5.41. The Labute approximate surface area is 70.1 Å². The van der Waals surface area contributed by atoms with Crippen molar-refractivity contribution in [2.75, 3.05) is 6.61 Å². The summed E-state index contributed by atoms with van der Waals surface area (Å²) in [6.07, 6.45) is 11.2. The molecule has 0 aliphatic rings. The van der Waals surface area contributed by atoms with Gasteiger partial charge in [0.2, 0.25) is 0 Å². The molecule has 11 heavy (non-hydrogen) atoms. The minimum atomic E-state index is 0.0688. The maximum Gasteiger partial charge on any atom is 0.0825 e. The van der Waals surface area contributed by atoms with Crippen LogP contribution in [0.1, 0.15) is 45.4 Å². The summed E-state index contributed by atoms with van der Waals surface area (Å²) in [5.74, 6) is 0. The summed E-state index contributed by atoms with van der Waals surface area (Å²) in [6, 6.07) is 0. The Morgan fingerprint density at radius 2 is 1.64 bits per heavy atom. The minimum absolute atomic E-state index is 0.0688. The molecule has 0 aliphatic carbocycles. The molecule has 0 unspecified atom stereocenters. The van der Waals surface area contributed by atoms with Crippen molar-refractivity contribution in [1.29, 1.82) is 0 Å². The van der Waals surface area contributed by atoms with Crippen LogP contribution in [-0.4, -0.2) is 6.61 Å². The molecule has 0 heterocycles. The van der Waals surface area contributed by atoms with Crippen LogP contribution in [0.2, 0.25) is 0 Å². The van der Waals surface area contributed by atoms with E-state index in [1.54, 1.807) is 0 Å². The van der Waals surface area contributed by atoms with Crippen LogP contribution in [0.25, 0.3) is 0 Å². The largest absolute Gasteiger partial charge is 0.237 e. The third-order valence-corrected chi connectivity index (χ3v) is 1.66. The van der Waals surface area contributed by atoms with Gasteiger partial charge in [0.1, 0.15) is 0 Å². The zero-order valence-electron chi connectivity index (χ0n) is 7.51. The van der Waals surface area contributed by atoms with Crippen molar-refractivity contribution in [3.63, 3.8) is 0 Å². The molecule has 0 aromatic heterocycles. The summed E-state index contributed by atoms with van der Waals surface area (Å²) < 4.78 is 0. The molecule has 0 aromatic rings. The van der Waals surface area contributed by atoms with Crippen LogP contribution in [0.3, 0.4) is 0 Å². The molecule has 1 radical (unpaired) electrons. The van der Waals surface area contributed by atoms with Crippen molar-refractivity contribution < 1.29 is 5.11 Å². The second kappa shape index (κ2) is 9.70. The van der Waals surface area contributed by atoms with E-state index in [-0.39, 0.29) is 6.61 Å². The number of unbranched alkanes of at least 4 members (excludes halogenated alkanes) is 4. The molecule has 1 heteroatoms. The molecule has 0 spiro atoms. The first-order valence-electron chi connectivity index (χ1n) is 4.65. The minimum Gasteiger partial charge on any atom is -0.237 e. The van der Waals surface area contributed by atoms with Gasteiger partial charge in [0.25, 0.3) is 0 Å². The maximum atomic E-state index is 10.0. The highest BCUT2D eigenvalue weighted by Gasteiger charge is 1.82. The summed E-state index contributed by atoms with van der Waals surface area (Å²) in [4.78, 5) is 0. The molecular formula is C10H19O. The molecular weight excluding hydrogens is 136 g/mol. The first kappa shape index (κ1) is 10.7. The molecule has 0 aromatic carbocycles. The van der Waals surface area contributed by atoms with E-state index in [1.807, 2.05) is 0 Å². The molecule has 0 atom stereocenters. The molecule has 0 saturated carbocycles. The second-order valence-corrected chi connectivity index (χ2v) is 2.81. The van der Waals surface area contributed by atoms with Gasteiger partial charge in [0, 0.05) is 0 Å².